The number of fused-ring (bicyclic) bond motifs is 7. The maximum absolute atomic E-state index is 5.19. The summed E-state index contributed by atoms with van der Waals surface area (Å²) in [7, 11) is 0. The second-order valence-electron chi connectivity index (χ2n) is 11.2. The van der Waals surface area contributed by atoms with E-state index in [0.29, 0.717) is 17.5 Å². The maximum Gasteiger partial charge on any atom is 0.165 e. The Morgan fingerprint density at radius 3 is 1.30 bits per heavy atom. The largest absolute Gasteiger partial charge is 0.208 e. The van der Waals surface area contributed by atoms with E-state index in [2.05, 4.69) is 115 Å². The van der Waals surface area contributed by atoms with Crippen LogP contribution in [0.2, 0.25) is 0 Å². The third-order valence-electron chi connectivity index (χ3n) is 8.68. The molecule has 3 nitrogen and oxygen atoms in total. The summed E-state index contributed by atoms with van der Waals surface area (Å²) in [5.74, 6) is 1.99. The lowest BCUT2D eigenvalue weighted by atomic mass is 9.85. The van der Waals surface area contributed by atoms with E-state index in [0.717, 1.165) is 27.5 Å². The van der Waals surface area contributed by atoms with Crippen molar-refractivity contribution in [1.29, 1.82) is 0 Å². The first kappa shape index (κ1) is 24.6. The van der Waals surface area contributed by atoms with Gasteiger partial charge >= 0.3 is 0 Å². The lowest BCUT2D eigenvalue weighted by Crippen LogP contribution is -2.01. The van der Waals surface area contributed by atoms with E-state index in [4.69, 9.17) is 15.0 Å². The number of hydrogen-bond donors (Lipinski definition) is 0. The van der Waals surface area contributed by atoms with Crippen LogP contribution in [0.1, 0.15) is 0 Å². The molecule has 1 aliphatic rings. The first-order valence-electron chi connectivity index (χ1n) is 14.9. The summed E-state index contributed by atoms with van der Waals surface area (Å²) >= 11 is 0. The fourth-order valence-electron chi connectivity index (χ4n) is 6.78. The maximum atomic E-state index is 5.19. The molecule has 9 rings (SSSR count). The molecular weight excluding hydrogens is 534 g/mol. The molecule has 0 spiro atoms. The minimum Gasteiger partial charge on any atom is -0.208 e. The Morgan fingerprint density at radius 2 is 0.682 bits per heavy atom. The van der Waals surface area contributed by atoms with Crippen LogP contribution in [0.3, 0.4) is 0 Å². The van der Waals surface area contributed by atoms with E-state index in [9.17, 15) is 0 Å². The summed E-state index contributed by atoms with van der Waals surface area (Å²) in [6, 6.07) is 53.3. The zero-order valence-corrected chi connectivity index (χ0v) is 23.8. The molecule has 0 amide bonds. The lowest BCUT2D eigenvalue weighted by molar-refractivity contribution is 1.08. The highest BCUT2D eigenvalue weighted by atomic mass is 15.0. The van der Waals surface area contributed by atoms with Crippen LogP contribution in [0.5, 0.6) is 0 Å². The molecule has 1 aliphatic carbocycles. The average molecular weight is 560 g/mol. The number of nitrogens with zero attached hydrogens (tertiary/aromatic N) is 3. The molecule has 1 heterocycles. The third kappa shape index (κ3) is 3.73. The van der Waals surface area contributed by atoms with Gasteiger partial charge in [0.15, 0.2) is 17.5 Å². The molecule has 0 atom stereocenters. The monoisotopic (exact) mass is 559 g/mol. The Morgan fingerprint density at radius 1 is 0.273 bits per heavy atom. The van der Waals surface area contributed by atoms with Crippen molar-refractivity contribution in [2.24, 2.45) is 0 Å². The van der Waals surface area contributed by atoms with Gasteiger partial charge in [-0.05, 0) is 54.9 Å². The van der Waals surface area contributed by atoms with Gasteiger partial charge in [0.05, 0.1) is 0 Å². The molecule has 0 saturated heterocycles. The van der Waals surface area contributed by atoms with Gasteiger partial charge in [-0.25, -0.2) is 15.0 Å². The van der Waals surface area contributed by atoms with Gasteiger partial charge in [-0.1, -0.05) is 152 Å². The fraction of sp³-hybridized carbons (Fsp3) is 0. The molecular formula is C41H25N3. The minimum atomic E-state index is 0.659. The Hall–Kier alpha value is -5.93. The zero-order valence-electron chi connectivity index (χ0n) is 23.8. The van der Waals surface area contributed by atoms with Gasteiger partial charge in [-0.15, -0.1) is 0 Å². The van der Waals surface area contributed by atoms with Crippen LogP contribution in [0.4, 0.5) is 0 Å². The van der Waals surface area contributed by atoms with Gasteiger partial charge in [0.1, 0.15) is 0 Å². The van der Waals surface area contributed by atoms with Gasteiger partial charge in [0.25, 0.3) is 0 Å². The van der Waals surface area contributed by atoms with Gasteiger partial charge in [0, 0.05) is 16.7 Å². The fourth-order valence-corrected chi connectivity index (χ4v) is 6.78. The van der Waals surface area contributed by atoms with E-state index >= 15 is 0 Å². The molecule has 0 N–H and O–H groups in total. The summed E-state index contributed by atoms with van der Waals surface area (Å²) in [6.45, 7) is 0. The van der Waals surface area contributed by atoms with Crippen molar-refractivity contribution in [3.05, 3.63) is 152 Å². The van der Waals surface area contributed by atoms with Crippen LogP contribution in [0, 0.1) is 0 Å². The van der Waals surface area contributed by atoms with E-state index < -0.39 is 0 Å². The highest BCUT2D eigenvalue weighted by molar-refractivity contribution is 6.26. The minimum absolute atomic E-state index is 0.659. The Labute approximate surface area is 255 Å². The van der Waals surface area contributed by atoms with Gasteiger partial charge in [-0.3, -0.25) is 0 Å². The molecule has 44 heavy (non-hydrogen) atoms. The van der Waals surface area contributed by atoms with Crippen LogP contribution in [0.15, 0.2) is 152 Å². The van der Waals surface area contributed by atoms with Crippen molar-refractivity contribution in [3.63, 3.8) is 0 Å². The number of rotatable bonds is 3. The smallest absolute Gasteiger partial charge is 0.165 e. The topological polar surface area (TPSA) is 38.7 Å². The van der Waals surface area contributed by atoms with E-state index in [-0.39, 0.29) is 0 Å². The highest BCUT2D eigenvalue weighted by Crippen LogP contribution is 2.52. The van der Waals surface area contributed by atoms with Crippen LogP contribution in [0.25, 0.3) is 89.1 Å². The van der Waals surface area contributed by atoms with E-state index in [1.54, 1.807) is 0 Å². The Balaban J connectivity index is 1.46. The third-order valence-corrected chi connectivity index (χ3v) is 8.68. The lowest BCUT2D eigenvalue weighted by Gasteiger charge is -2.19. The van der Waals surface area contributed by atoms with Crippen LogP contribution < -0.4 is 0 Å². The quantitative estimate of drug-likeness (QED) is 0.202. The molecule has 0 saturated carbocycles. The second-order valence-corrected chi connectivity index (χ2v) is 11.2. The number of benzene rings is 7. The molecule has 0 radical (unpaired) electrons. The summed E-state index contributed by atoms with van der Waals surface area (Å²) < 4.78 is 0. The summed E-state index contributed by atoms with van der Waals surface area (Å²) in [4.78, 5) is 15.4. The highest BCUT2D eigenvalue weighted by Gasteiger charge is 2.26. The van der Waals surface area contributed by atoms with Crippen molar-refractivity contribution in [2.75, 3.05) is 0 Å². The Kier molecular flexibility index (Phi) is 5.50. The molecule has 1 aromatic heterocycles. The summed E-state index contributed by atoms with van der Waals surface area (Å²) in [5.41, 5.74) is 10.4. The molecule has 7 aromatic carbocycles. The van der Waals surface area contributed by atoms with Crippen molar-refractivity contribution in [2.45, 2.75) is 0 Å². The van der Waals surface area contributed by atoms with Crippen molar-refractivity contribution in [1.82, 2.24) is 15.0 Å². The average Bonchev–Trinajstić information content (AvgIpc) is 3.23. The van der Waals surface area contributed by atoms with E-state index in [1.807, 2.05) is 36.4 Å². The Bertz CT molecular complexity index is 2320. The van der Waals surface area contributed by atoms with Gasteiger partial charge < -0.3 is 0 Å². The normalized spacial score (nSPS) is 11.6. The summed E-state index contributed by atoms with van der Waals surface area (Å²) in [5, 5.41) is 4.66. The van der Waals surface area contributed by atoms with Crippen molar-refractivity contribution < 1.29 is 0 Å². The molecule has 204 valence electrons. The summed E-state index contributed by atoms with van der Waals surface area (Å²) in [6.07, 6.45) is 0. The SMILES string of the molecule is c1ccc(-c2nc(-c3ccccc3)nc(-c3c4ccccc4c4c5c(cccc35)-c3ccccc3-c3ccccc3-4)n2)cc1. The molecule has 0 fully saturated rings. The number of aromatic nitrogens is 3. The van der Waals surface area contributed by atoms with Crippen molar-refractivity contribution in [3.8, 4) is 67.5 Å². The molecule has 8 aromatic rings. The standard InChI is InChI=1S/C41H25N3/c1-3-14-26(15-4-1)39-42-40(27-16-5-2-6-17-27)44-41(43-39)38-34-23-12-11-22-33(34)36-31-21-10-9-20-29(31)28-18-7-8-19-30(28)32-24-13-25-35(38)37(32)36/h1-25H. The second kappa shape index (κ2) is 9.82. The van der Waals surface area contributed by atoms with Crippen LogP contribution in [-0.4, -0.2) is 15.0 Å². The van der Waals surface area contributed by atoms with Gasteiger partial charge in [-0.2, -0.15) is 0 Å². The molecule has 0 unspecified atom stereocenters. The van der Waals surface area contributed by atoms with Gasteiger partial charge in [0.2, 0.25) is 0 Å². The molecule has 0 aliphatic heterocycles. The van der Waals surface area contributed by atoms with Crippen LogP contribution >= 0.6 is 0 Å². The van der Waals surface area contributed by atoms with Crippen LogP contribution in [-0.2, 0) is 0 Å². The zero-order chi connectivity index (χ0) is 29.0. The van der Waals surface area contributed by atoms with Crippen molar-refractivity contribution >= 4 is 21.5 Å². The molecule has 0 bridgehead atoms. The first-order valence-corrected chi connectivity index (χ1v) is 14.9. The predicted octanol–water partition coefficient (Wildman–Crippen LogP) is 10.5. The number of hydrogen-bond acceptors (Lipinski definition) is 3. The predicted molar refractivity (Wildman–Crippen MR) is 181 cm³/mol. The first-order chi connectivity index (χ1) is 21.8. The molecule has 3 heteroatoms. The van der Waals surface area contributed by atoms with E-state index in [1.165, 1.54) is 44.2 Å².